The lowest BCUT2D eigenvalue weighted by Gasteiger charge is -2.47. The standard InChI is InChI=1S/C34H37F4N3O3/c1-22-12-24-13-26(44-17-23-6-4-3-5-7-23)8-9-27(24)32(41(22)18-33(2,37)38)31-28(35)14-25(15-29(31)36)40-11-10-34(21-40)19-39(20-34)16-30(42)43/h3-9,13-15,22,32H,10-12,16-21H2,1-2H3,(H,42,43)/t22-,32?/m1/s1. The second-order valence-corrected chi connectivity index (χ2v) is 12.9. The van der Waals surface area contributed by atoms with Gasteiger partial charge in [-0.2, -0.15) is 0 Å². The molecule has 6 nitrogen and oxygen atoms in total. The number of hydrogen-bond donors (Lipinski definition) is 1. The van der Waals surface area contributed by atoms with Gasteiger partial charge >= 0.3 is 5.97 Å². The number of likely N-dealkylation sites (tertiary alicyclic amines) is 1. The van der Waals surface area contributed by atoms with E-state index >= 15 is 8.78 Å². The van der Waals surface area contributed by atoms with Crippen LogP contribution in [0.2, 0.25) is 0 Å². The molecule has 0 saturated carbocycles. The summed E-state index contributed by atoms with van der Waals surface area (Å²) >= 11 is 0. The molecule has 1 unspecified atom stereocenters. The molecule has 0 amide bonds. The topological polar surface area (TPSA) is 56.3 Å². The summed E-state index contributed by atoms with van der Waals surface area (Å²) in [7, 11) is 0. The quantitative estimate of drug-likeness (QED) is 0.294. The lowest BCUT2D eigenvalue weighted by Crippen LogP contribution is -2.58. The van der Waals surface area contributed by atoms with Crippen LogP contribution in [0.1, 0.15) is 48.6 Å². The van der Waals surface area contributed by atoms with Crippen molar-refractivity contribution in [3.63, 3.8) is 0 Å². The fraction of sp³-hybridized carbons (Fsp3) is 0.441. The third-order valence-corrected chi connectivity index (χ3v) is 9.15. The zero-order valence-corrected chi connectivity index (χ0v) is 24.9. The zero-order valence-electron chi connectivity index (χ0n) is 24.9. The summed E-state index contributed by atoms with van der Waals surface area (Å²) in [5.74, 6) is -4.90. The molecule has 3 aliphatic heterocycles. The first kappa shape index (κ1) is 30.4. The van der Waals surface area contributed by atoms with E-state index in [4.69, 9.17) is 9.84 Å². The zero-order chi connectivity index (χ0) is 31.2. The van der Waals surface area contributed by atoms with E-state index in [1.54, 1.807) is 19.1 Å². The van der Waals surface area contributed by atoms with E-state index in [-0.39, 0.29) is 17.5 Å². The van der Waals surface area contributed by atoms with Gasteiger partial charge in [-0.15, -0.1) is 0 Å². The number of halogens is 4. The van der Waals surface area contributed by atoms with Crippen LogP contribution in [0.25, 0.3) is 0 Å². The highest BCUT2D eigenvalue weighted by Gasteiger charge is 2.48. The molecule has 0 radical (unpaired) electrons. The minimum Gasteiger partial charge on any atom is -0.489 e. The van der Waals surface area contributed by atoms with Crippen molar-refractivity contribution in [2.45, 2.75) is 51.3 Å². The Kier molecular flexibility index (Phi) is 8.09. The fourth-order valence-electron chi connectivity index (χ4n) is 7.25. The first-order valence-corrected chi connectivity index (χ1v) is 15.0. The highest BCUT2D eigenvalue weighted by Crippen LogP contribution is 2.45. The number of aliphatic carboxylic acids is 1. The molecule has 0 aromatic heterocycles. The molecule has 10 heteroatoms. The fourth-order valence-corrected chi connectivity index (χ4v) is 7.25. The number of alkyl halides is 2. The third kappa shape index (κ3) is 6.28. The van der Waals surface area contributed by atoms with Gasteiger partial charge in [0.25, 0.3) is 5.92 Å². The molecule has 234 valence electrons. The molecule has 6 rings (SSSR count). The van der Waals surface area contributed by atoms with Gasteiger partial charge in [-0.05, 0) is 60.7 Å². The van der Waals surface area contributed by atoms with E-state index in [2.05, 4.69) is 0 Å². The Morgan fingerprint density at radius 2 is 1.75 bits per heavy atom. The van der Waals surface area contributed by atoms with Crippen LogP contribution in [0.5, 0.6) is 5.75 Å². The molecule has 3 heterocycles. The Morgan fingerprint density at radius 1 is 1.05 bits per heavy atom. The maximum absolute atomic E-state index is 16.1. The molecule has 0 aliphatic carbocycles. The largest absolute Gasteiger partial charge is 0.489 e. The molecule has 2 atom stereocenters. The Bertz CT molecular complexity index is 1500. The van der Waals surface area contributed by atoms with Crippen molar-refractivity contribution in [1.82, 2.24) is 9.80 Å². The number of anilines is 1. The Labute approximate surface area is 254 Å². The van der Waals surface area contributed by atoms with E-state index in [9.17, 15) is 13.6 Å². The van der Waals surface area contributed by atoms with Gasteiger partial charge in [0.1, 0.15) is 24.0 Å². The number of fused-ring (bicyclic) bond motifs is 1. The molecular weight excluding hydrogens is 574 g/mol. The molecule has 2 saturated heterocycles. The summed E-state index contributed by atoms with van der Waals surface area (Å²) in [6, 6.07) is 16.2. The maximum atomic E-state index is 16.1. The van der Waals surface area contributed by atoms with Crippen molar-refractivity contribution in [3.05, 3.63) is 94.6 Å². The predicted octanol–water partition coefficient (Wildman–Crippen LogP) is 6.13. The average molecular weight is 612 g/mol. The van der Waals surface area contributed by atoms with E-state index in [0.717, 1.165) is 24.5 Å². The van der Waals surface area contributed by atoms with Crippen LogP contribution < -0.4 is 9.64 Å². The summed E-state index contributed by atoms with van der Waals surface area (Å²) in [6.07, 6.45) is 1.23. The van der Waals surface area contributed by atoms with Crippen molar-refractivity contribution in [1.29, 1.82) is 0 Å². The SMILES string of the molecule is C[C@@H]1Cc2cc(OCc3ccccc3)ccc2C(c2c(F)cc(N3CCC4(CN(CC(=O)O)C4)C3)cc2F)N1CC(C)(F)F. The van der Waals surface area contributed by atoms with Crippen LogP contribution in [0, 0.1) is 17.0 Å². The van der Waals surface area contributed by atoms with Crippen molar-refractivity contribution in [2.75, 3.05) is 44.2 Å². The number of rotatable bonds is 9. The van der Waals surface area contributed by atoms with Crippen LogP contribution in [0.4, 0.5) is 23.2 Å². The average Bonchev–Trinajstić information content (AvgIpc) is 3.38. The van der Waals surface area contributed by atoms with Gasteiger partial charge in [-0.3, -0.25) is 14.6 Å². The van der Waals surface area contributed by atoms with E-state index in [1.807, 2.05) is 46.2 Å². The first-order chi connectivity index (χ1) is 20.9. The van der Waals surface area contributed by atoms with Gasteiger partial charge in [0, 0.05) is 55.8 Å². The molecule has 0 bridgehead atoms. The van der Waals surface area contributed by atoms with Gasteiger partial charge in [-0.25, -0.2) is 17.6 Å². The van der Waals surface area contributed by atoms with Crippen LogP contribution >= 0.6 is 0 Å². The second-order valence-electron chi connectivity index (χ2n) is 12.9. The molecule has 44 heavy (non-hydrogen) atoms. The van der Waals surface area contributed by atoms with Gasteiger partial charge in [0.15, 0.2) is 0 Å². The van der Waals surface area contributed by atoms with Crippen molar-refractivity contribution in [3.8, 4) is 5.75 Å². The predicted molar refractivity (Wildman–Crippen MR) is 159 cm³/mol. The molecule has 1 spiro atoms. The Hall–Kier alpha value is -3.63. The minimum absolute atomic E-state index is 0.0189. The van der Waals surface area contributed by atoms with Crippen molar-refractivity contribution < 1.29 is 32.2 Å². The lowest BCUT2D eigenvalue weighted by atomic mass is 9.79. The summed E-state index contributed by atoms with van der Waals surface area (Å²) in [4.78, 5) is 16.3. The summed E-state index contributed by atoms with van der Waals surface area (Å²) in [6.45, 7) is 4.75. The van der Waals surface area contributed by atoms with Gasteiger partial charge in [-0.1, -0.05) is 36.4 Å². The van der Waals surface area contributed by atoms with Crippen LogP contribution in [0.15, 0.2) is 60.7 Å². The number of hydrogen-bond acceptors (Lipinski definition) is 5. The molecule has 3 aromatic carbocycles. The highest BCUT2D eigenvalue weighted by atomic mass is 19.3. The van der Waals surface area contributed by atoms with Crippen molar-refractivity contribution in [2.24, 2.45) is 5.41 Å². The highest BCUT2D eigenvalue weighted by molar-refractivity contribution is 5.69. The third-order valence-electron chi connectivity index (χ3n) is 9.15. The Balaban J connectivity index is 1.28. The molecule has 2 fully saturated rings. The lowest BCUT2D eigenvalue weighted by molar-refractivity contribution is -0.141. The van der Waals surface area contributed by atoms with Gasteiger partial charge < -0.3 is 14.7 Å². The van der Waals surface area contributed by atoms with Crippen LogP contribution in [-0.2, 0) is 17.8 Å². The van der Waals surface area contributed by atoms with E-state index in [0.29, 0.717) is 56.2 Å². The number of benzene rings is 3. The number of carboxylic acid groups (broad SMARTS) is 1. The molecule has 3 aliphatic rings. The normalized spacial score (nSPS) is 21.7. The van der Waals surface area contributed by atoms with Gasteiger partial charge in [0.2, 0.25) is 0 Å². The number of ether oxygens (including phenoxy) is 1. The van der Waals surface area contributed by atoms with E-state index in [1.165, 1.54) is 17.0 Å². The van der Waals surface area contributed by atoms with Crippen LogP contribution in [0.3, 0.4) is 0 Å². The minimum atomic E-state index is -3.07. The molecular formula is C34H37F4N3O3. The molecule has 1 N–H and O–H groups in total. The van der Waals surface area contributed by atoms with Gasteiger partial charge in [0.05, 0.1) is 19.1 Å². The summed E-state index contributed by atoms with van der Waals surface area (Å²) in [5.41, 5.74) is 2.45. The monoisotopic (exact) mass is 611 g/mol. The summed E-state index contributed by atoms with van der Waals surface area (Å²) in [5, 5.41) is 9.06. The molecule has 3 aromatic rings. The second kappa shape index (κ2) is 11.7. The number of carboxylic acids is 1. The van der Waals surface area contributed by atoms with Crippen molar-refractivity contribution >= 4 is 11.7 Å². The number of nitrogens with zero attached hydrogens (tertiary/aromatic N) is 3. The smallest absolute Gasteiger partial charge is 0.317 e. The Morgan fingerprint density at radius 3 is 2.41 bits per heavy atom. The summed E-state index contributed by atoms with van der Waals surface area (Å²) < 4.78 is 67.1. The van der Waals surface area contributed by atoms with Crippen LogP contribution in [-0.4, -0.2) is 72.1 Å². The number of carbonyl (C=O) groups is 1. The van der Waals surface area contributed by atoms with E-state index < -0.39 is 42.2 Å². The first-order valence-electron chi connectivity index (χ1n) is 15.0. The maximum Gasteiger partial charge on any atom is 0.317 e.